The molecule has 0 saturated carbocycles. The van der Waals surface area contributed by atoms with Crippen molar-refractivity contribution >= 4 is 11.0 Å². The van der Waals surface area contributed by atoms with E-state index < -0.39 is 0 Å². The van der Waals surface area contributed by atoms with Gasteiger partial charge >= 0.3 is 0 Å². The largest absolute Gasteiger partial charge is 0.507 e. The minimum atomic E-state index is -0.155. The van der Waals surface area contributed by atoms with Crippen molar-refractivity contribution in [2.45, 2.75) is 13.0 Å². The first kappa shape index (κ1) is 16.0. The SMILES string of the molecule is O=c1c2cccnc2nc(-c2ccccc2O)n1CCc1ccccc1. The van der Waals surface area contributed by atoms with Crippen molar-refractivity contribution in [1.82, 2.24) is 14.5 Å². The van der Waals surface area contributed by atoms with Gasteiger partial charge in [-0.2, -0.15) is 0 Å². The molecule has 0 aliphatic rings. The Morgan fingerprint density at radius 1 is 0.923 bits per heavy atom. The maximum atomic E-state index is 13.1. The highest BCUT2D eigenvalue weighted by atomic mass is 16.3. The Hall–Kier alpha value is -3.47. The van der Waals surface area contributed by atoms with Crippen molar-refractivity contribution in [1.29, 1.82) is 0 Å². The number of nitrogens with zero attached hydrogens (tertiary/aromatic N) is 3. The number of aryl methyl sites for hydroxylation is 1. The van der Waals surface area contributed by atoms with Gasteiger partial charge in [-0.05, 0) is 36.2 Å². The van der Waals surface area contributed by atoms with E-state index in [0.29, 0.717) is 35.4 Å². The second kappa shape index (κ2) is 6.80. The summed E-state index contributed by atoms with van der Waals surface area (Å²) in [4.78, 5) is 21.8. The van der Waals surface area contributed by atoms with Crippen LogP contribution in [-0.2, 0) is 13.0 Å². The summed E-state index contributed by atoms with van der Waals surface area (Å²) in [7, 11) is 0. The number of aromatic nitrogens is 3. The first-order chi connectivity index (χ1) is 12.7. The lowest BCUT2D eigenvalue weighted by molar-refractivity contribution is 0.476. The van der Waals surface area contributed by atoms with E-state index >= 15 is 0 Å². The lowest BCUT2D eigenvalue weighted by Crippen LogP contribution is -2.24. The van der Waals surface area contributed by atoms with E-state index in [1.165, 1.54) is 0 Å². The predicted octanol–water partition coefficient (Wildman–Crippen LogP) is 3.41. The van der Waals surface area contributed by atoms with Crippen LogP contribution in [-0.4, -0.2) is 19.6 Å². The van der Waals surface area contributed by atoms with Gasteiger partial charge in [0, 0.05) is 12.7 Å². The Balaban J connectivity index is 1.88. The Morgan fingerprint density at radius 2 is 1.69 bits per heavy atom. The molecule has 4 aromatic rings. The van der Waals surface area contributed by atoms with E-state index in [9.17, 15) is 9.90 Å². The topological polar surface area (TPSA) is 68.0 Å². The fourth-order valence-electron chi connectivity index (χ4n) is 3.02. The maximum Gasteiger partial charge on any atom is 0.263 e. The highest BCUT2D eigenvalue weighted by Crippen LogP contribution is 2.27. The summed E-state index contributed by atoms with van der Waals surface area (Å²) in [5.74, 6) is 0.512. The zero-order valence-corrected chi connectivity index (χ0v) is 14.0. The van der Waals surface area contributed by atoms with E-state index in [1.807, 2.05) is 36.4 Å². The minimum Gasteiger partial charge on any atom is -0.507 e. The first-order valence-electron chi connectivity index (χ1n) is 8.42. The quantitative estimate of drug-likeness (QED) is 0.617. The molecule has 0 atom stereocenters. The van der Waals surface area contributed by atoms with Crippen LogP contribution in [0.3, 0.4) is 0 Å². The van der Waals surface area contributed by atoms with E-state index in [0.717, 1.165) is 5.56 Å². The highest BCUT2D eigenvalue weighted by Gasteiger charge is 2.15. The maximum absolute atomic E-state index is 13.1. The molecular formula is C21H17N3O2. The second-order valence-corrected chi connectivity index (χ2v) is 6.02. The number of aromatic hydroxyl groups is 1. The minimum absolute atomic E-state index is 0.0862. The van der Waals surface area contributed by atoms with Crippen LogP contribution in [0.2, 0.25) is 0 Å². The number of hydrogen-bond acceptors (Lipinski definition) is 4. The van der Waals surface area contributed by atoms with Crippen LogP contribution in [0.25, 0.3) is 22.4 Å². The fourth-order valence-corrected chi connectivity index (χ4v) is 3.02. The predicted molar refractivity (Wildman–Crippen MR) is 101 cm³/mol. The van der Waals surface area contributed by atoms with Gasteiger partial charge in [0.25, 0.3) is 5.56 Å². The molecule has 0 radical (unpaired) electrons. The van der Waals surface area contributed by atoms with E-state index in [2.05, 4.69) is 9.97 Å². The molecule has 0 fully saturated rings. The van der Waals surface area contributed by atoms with Gasteiger partial charge in [0.05, 0.1) is 10.9 Å². The van der Waals surface area contributed by atoms with Gasteiger partial charge in [0.2, 0.25) is 0 Å². The van der Waals surface area contributed by atoms with Crippen molar-refractivity contribution in [3.05, 3.63) is 88.8 Å². The number of hydrogen-bond donors (Lipinski definition) is 1. The number of fused-ring (bicyclic) bond motifs is 1. The van der Waals surface area contributed by atoms with E-state index in [-0.39, 0.29) is 11.3 Å². The van der Waals surface area contributed by atoms with E-state index in [4.69, 9.17) is 0 Å². The first-order valence-corrected chi connectivity index (χ1v) is 8.42. The van der Waals surface area contributed by atoms with Gasteiger partial charge in [-0.1, -0.05) is 42.5 Å². The Kier molecular flexibility index (Phi) is 4.19. The third-order valence-electron chi connectivity index (χ3n) is 4.34. The summed E-state index contributed by atoms with van der Waals surface area (Å²) in [6.07, 6.45) is 2.30. The second-order valence-electron chi connectivity index (χ2n) is 6.02. The third kappa shape index (κ3) is 2.95. The molecule has 128 valence electrons. The molecule has 2 heterocycles. The number of rotatable bonds is 4. The van der Waals surface area contributed by atoms with Crippen LogP contribution in [0.15, 0.2) is 77.7 Å². The van der Waals surface area contributed by atoms with Gasteiger partial charge in [-0.15, -0.1) is 0 Å². The lowest BCUT2D eigenvalue weighted by Gasteiger charge is -2.14. The smallest absolute Gasteiger partial charge is 0.263 e. The van der Waals surface area contributed by atoms with Crippen LogP contribution in [0.1, 0.15) is 5.56 Å². The van der Waals surface area contributed by atoms with Crippen LogP contribution in [0.4, 0.5) is 0 Å². The number of phenolic OH excluding ortho intramolecular Hbond substituents is 1. The number of phenols is 1. The van der Waals surface area contributed by atoms with Gasteiger partial charge in [-0.25, -0.2) is 9.97 Å². The summed E-state index contributed by atoms with van der Waals surface area (Å²) in [5, 5.41) is 10.7. The van der Waals surface area contributed by atoms with Crippen LogP contribution in [0, 0.1) is 0 Å². The molecule has 5 nitrogen and oxygen atoms in total. The Morgan fingerprint density at radius 3 is 2.50 bits per heavy atom. The molecule has 0 aliphatic heterocycles. The zero-order chi connectivity index (χ0) is 17.9. The molecular weight excluding hydrogens is 326 g/mol. The summed E-state index contributed by atoms with van der Waals surface area (Å²) in [6.45, 7) is 0.463. The number of benzene rings is 2. The van der Waals surface area contributed by atoms with Crippen LogP contribution < -0.4 is 5.56 Å². The average Bonchev–Trinajstić information content (AvgIpc) is 2.68. The summed E-state index contributed by atoms with van der Waals surface area (Å²) < 4.78 is 1.62. The van der Waals surface area contributed by atoms with Gasteiger partial charge in [0.15, 0.2) is 5.65 Å². The van der Waals surface area contributed by atoms with Crippen molar-refractivity contribution in [2.24, 2.45) is 0 Å². The van der Waals surface area contributed by atoms with Gasteiger partial charge < -0.3 is 5.11 Å². The Bertz CT molecular complexity index is 1120. The normalized spacial score (nSPS) is 10.9. The average molecular weight is 343 g/mol. The third-order valence-corrected chi connectivity index (χ3v) is 4.34. The molecule has 0 bridgehead atoms. The monoisotopic (exact) mass is 343 g/mol. The van der Waals surface area contributed by atoms with E-state index in [1.54, 1.807) is 41.1 Å². The van der Waals surface area contributed by atoms with Crippen molar-refractivity contribution in [2.75, 3.05) is 0 Å². The Labute approximate surface area is 150 Å². The molecule has 0 aliphatic carbocycles. The molecule has 4 rings (SSSR count). The molecule has 0 saturated heterocycles. The molecule has 26 heavy (non-hydrogen) atoms. The molecule has 0 amide bonds. The number of pyridine rings is 1. The summed E-state index contributed by atoms with van der Waals surface area (Å²) in [5.41, 5.74) is 1.88. The van der Waals surface area contributed by atoms with Crippen LogP contribution in [0.5, 0.6) is 5.75 Å². The standard InChI is InChI=1S/C21H17N3O2/c25-18-11-5-4-9-16(18)20-23-19-17(10-6-13-22-19)21(26)24(20)14-12-15-7-2-1-3-8-15/h1-11,13,25H,12,14H2. The molecule has 0 spiro atoms. The summed E-state index contributed by atoms with van der Waals surface area (Å²) >= 11 is 0. The summed E-state index contributed by atoms with van der Waals surface area (Å²) in [6, 6.07) is 20.3. The van der Waals surface area contributed by atoms with Crippen LogP contribution >= 0.6 is 0 Å². The van der Waals surface area contributed by atoms with Crippen molar-refractivity contribution < 1.29 is 5.11 Å². The van der Waals surface area contributed by atoms with Crippen molar-refractivity contribution in [3.8, 4) is 17.1 Å². The molecule has 2 aromatic heterocycles. The van der Waals surface area contributed by atoms with Crippen molar-refractivity contribution in [3.63, 3.8) is 0 Å². The van der Waals surface area contributed by atoms with Gasteiger partial charge in [0.1, 0.15) is 11.6 Å². The lowest BCUT2D eigenvalue weighted by atomic mass is 10.1. The molecule has 1 N–H and O–H groups in total. The fraction of sp³-hybridized carbons (Fsp3) is 0.0952. The van der Waals surface area contributed by atoms with Gasteiger partial charge in [-0.3, -0.25) is 9.36 Å². The molecule has 0 unspecified atom stereocenters. The number of para-hydroxylation sites is 1. The molecule has 5 heteroatoms. The molecule has 2 aromatic carbocycles. The highest BCUT2D eigenvalue weighted by molar-refractivity contribution is 5.77. The zero-order valence-electron chi connectivity index (χ0n) is 14.0.